The lowest BCUT2D eigenvalue weighted by atomic mass is 9.97. The molecule has 18 heavy (non-hydrogen) atoms. The van der Waals surface area contributed by atoms with Gasteiger partial charge in [-0.2, -0.15) is 0 Å². The lowest BCUT2D eigenvalue weighted by molar-refractivity contribution is 0.233. The molecule has 0 aliphatic heterocycles. The summed E-state index contributed by atoms with van der Waals surface area (Å²) in [6.07, 6.45) is 3.32. The normalized spacial score (nSPS) is 15.3. The van der Waals surface area contributed by atoms with Crippen LogP contribution in [-0.2, 0) is 10.0 Å². The highest BCUT2D eigenvalue weighted by Crippen LogP contribution is 2.17. The van der Waals surface area contributed by atoms with E-state index in [1.54, 1.807) is 6.92 Å². The molecule has 1 unspecified atom stereocenters. The standard InChI is InChI=1S/C11H18N2O4S/c1-3-11(2,5-7-14)13-18(16,17)10-8-12-6-4-9(10)15/h4,6,8,13-14H,3,5,7H2,1-2H3,(H,12,15). The maximum Gasteiger partial charge on any atom is 0.246 e. The molecule has 3 N–H and O–H groups in total. The van der Waals surface area contributed by atoms with Crippen molar-refractivity contribution >= 4 is 10.0 Å². The summed E-state index contributed by atoms with van der Waals surface area (Å²) in [5.41, 5.74) is -1.33. The van der Waals surface area contributed by atoms with Crippen molar-refractivity contribution in [3.05, 3.63) is 28.7 Å². The van der Waals surface area contributed by atoms with Crippen molar-refractivity contribution in [2.45, 2.75) is 37.1 Å². The zero-order chi connectivity index (χ0) is 13.8. The Morgan fingerprint density at radius 3 is 2.67 bits per heavy atom. The van der Waals surface area contributed by atoms with Crippen LogP contribution in [0.4, 0.5) is 0 Å². The van der Waals surface area contributed by atoms with E-state index in [0.717, 1.165) is 12.3 Å². The molecule has 0 aromatic carbocycles. The fraction of sp³-hybridized carbons (Fsp3) is 0.545. The van der Waals surface area contributed by atoms with Crippen molar-refractivity contribution < 1.29 is 13.5 Å². The molecule has 1 aromatic heterocycles. The van der Waals surface area contributed by atoms with Crippen LogP contribution in [-0.4, -0.2) is 30.7 Å². The summed E-state index contributed by atoms with van der Waals surface area (Å²) in [6, 6.07) is 1.16. The zero-order valence-corrected chi connectivity index (χ0v) is 11.3. The van der Waals surface area contributed by atoms with Gasteiger partial charge in [0.1, 0.15) is 4.90 Å². The van der Waals surface area contributed by atoms with Crippen LogP contribution < -0.4 is 10.2 Å². The molecular weight excluding hydrogens is 256 g/mol. The summed E-state index contributed by atoms with van der Waals surface area (Å²) in [7, 11) is -3.89. The quantitative estimate of drug-likeness (QED) is 0.690. The molecule has 6 nitrogen and oxygen atoms in total. The summed E-state index contributed by atoms with van der Waals surface area (Å²) in [6.45, 7) is 3.38. The highest BCUT2D eigenvalue weighted by atomic mass is 32.2. The van der Waals surface area contributed by atoms with Gasteiger partial charge in [0, 0.05) is 30.6 Å². The molecule has 1 aromatic rings. The van der Waals surface area contributed by atoms with Gasteiger partial charge in [0.15, 0.2) is 0 Å². The van der Waals surface area contributed by atoms with Crippen molar-refractivity contribution in [3.63, 3.8) is 0 Å². The summed E-state index contributed by atoms with van der Waals surface area (Å²) < 4.78 is 26.6. The second-order valence-corrected chi connectivity index (χ2v) is 6.02. The smallest absolute Gasteiger partial charge is 0.246 e. The average molecular weight is 274 g/mol. The van der Waals surface area contributed by atoms with E-state index < -0.39 is 21.0 Å². The van der Waals surface area contributed by atoms with E-state index in [0.29, 0.717) is 6.42 Å². The minimum Gasteiger partial charge on any atom is -0.396 e. The molecule has 0 bridgehead atoms. The molecule has 0 aliphatic carbocycles. The predicted octanol–water partition coefficient (Wildman–Crippen LogP) is 0.204. The molecule has 0 aliphatic rings. The Bertz CT molecular complexity index is 552. The molecule has 0 fully saturated rings. The van der Waals surface area contributed by atoms with Gasteiger partial charge in [-0.05, 0) is 19.8 Å². The van der Waals surface area contributed by atoms with E-state index >= 15 is 0 Å². The fourth-order valence-corrected chi connectivity index (χ4v) is 3.10. The first-order valence-electron chi connectivity index (χ1n) is 5.66. The van der Waals surface area contributed by atoms with Crippen molar-refractivity contribution in [2.75, 3.05) is 6.61 Å². The number of hydrogen-bond acceptors (Lipinski definition) is 4. The lowest BCUT2D eigenvalue weighted by Crippen LogP contribution is -2.47. The Balaban J connectivity index is 3.10. The lowest BCUT2D eigenvalue weighted by Gasteiger charge is -2.28. The summed E-state index contributed by atoms with van der Waals surface area (Å²) in [5.74, 6) is 0. The van der Waals surface area contributed by atoms with Gasteiger partial charge in [0.25, 0.3) is 0 Å². The Hall–Kier alpha value is -1.18. The Morgan fingerprint density at radius 2 is 2.17 bits per heavy atom. The number of aromatic amines is 1. The van der Waals surface area contributed by atoms with Gasteiger partial charge in [0.05, 0.1) is 0 Å². The minimum absolute atomic E-state index is 0.127. The third-order valence-corrected chi connectivity index (χ3v) is 4.56. The number of H-pyrrole nitrogens is 1. The van der Waals surface area contributed by atoms with Crippen LogP contribution >= 0.6 is 0 Å². The monoisotopic (exact) mass is 274 g/mol. The van der Waals surface area contributed by atoms with Gasteiger partial charge in [0.2, 0.25) is 15.5 Å². The van der Waals surface area contributed by atoms with Gasteiger partial charge in [-0.1, -0.05) is 6.92 Å². The van der Waals surface area contributed by atoms with Gasteiger partial charge in [-0.15, -0.1) is 0 Å². The number of pyridine rings is 1. The van der Waals surface area contributed by atoms with Crippen molar-refractivity contribution in [1.82, 2.24) is 9.71 Å². The molecule has 0 radical (unpaired) electrons. The van der Waals surface area contributed by atoms with Crippen LogP contribution in [0.1, 0.15) is 26.7 Å². The first-order chi connectivity index (χ1) is 8.34. The summed E-state index contributed by atoms with van der Waals surface area (Å²) in [5, 5.41) is 8.95. The van der Waals surface area contributed by atoms with E-state index in [2.05, 4.69) is 9.71 Å². The van der Waals surface area contributed by atoms with Gasteiger partial charge < -0.3 is 10.1 Å². The van der Waals surface area contributed by atoms with Crippen LogP contribution in [0.25, 0.3) is 0 Å². The van der Waals surface area contributed by atoms with E-state index in [1.807, 2.05) is 6.92 Å². The second-order valence-electron chi connectivity index (χ2n) is 4.37. The summed E-state index contributed by atoms with van der Waals surface area (Å²) >= 11 is 0. The van der Waals surface area contributed by atoms with Gasteiger partial charge in [-0.3, -0.25) is 4.79 Å². The van der Waals surface area contributed by atoms with Crippen molar-refractivity contribution in [3.8, 4) is 0 Å². The molecule has 1 atom stereocenters. The number of aliphatic hydroxyl groups excluding tert-OH is 1. The molecule has 0 amide bonds. The maximum absolute atomic E-state index is 12.1. The fourth-order valence-electron chi connectivity index (χ4n) is 1.54. The highest BCUT2D eigenvalue weighted by molar-refractivity contribution is 7.89. The van der Waals surface area contributed by atoms with Gasteiger partial charge in [-0.25, -0.2) is 13.1 Å². The Labute approximate surface area is 106 Å². The number of sulfonamides is 1. The van der Waals surface area contributed by atoms with Crippen molar-refractivity contribution in [2.24, 2.45) is 0 Å². The van der Waals surface area contributed by atoms with Crippen LogP contribution in [0.2, 0.25) is 0 Å². The first kappa shape index (κ1) is 14.9. The topological polar surface area (TPSA) is 99.3 Å². The number of hydrogen-bond donors (Lipinski definition) is 3. The molecule has 0 spiro atoms. The minimum atomic E-state index is -3.89. The van der Waals surface area contributed by atoms with E-state index in [-0.39, 0.29) is 17.9 Å². The molecular formula is C11H18N2O4S. The summed E-state index contributed by atoms with van der Waals surface area (Å²) in [4.78, 5) is 13.8. The number of aromatic nitrogens is 1. The van der Waals surface area contributed by atoms with Crippen LogP contribution in [0.15, 0.2) is 28.2 Å². The largest absolute Gasteiger partial charge is 0.396 e. The maximum atomic E-state index is 12.1. The SMILES string of the molecule is CCC(C)(CCO)NS(=O)(=O)c1c[nH]ccc1=O. The molecule has 1 heterocycles. The number of rotatable bonds is 6. The van der Waals surface area contributed by atoms with Crippen LogP contribution in [0, 0.1) is 0 Å². The predicted molar refractivity (Wildman–Crippen MR) is 67.8 cm³/mol. The molecule has 0 saturated carbocycles. The third kappa shape index (κ3) is 3.41. The first-order valence-corrected chi connectivity index (χ1v) is 7.15. The van der Waals surface area contributed by atoms with E-state index in [4.69, 9.17) is 5.11 Å². The van der Waals surface area contributed by atoms with E-state index in [9.17, 15) is 13.2 Å². The molecule has 0 saturated heterocycles. The third-order valence-electron chi connectivity index (χ3n) is 2.90. The molecule has 1 rings (SSSR count). The van der Waals surface area contributed by atoms with Gasteiger partial charge >= 0.3 is 0 Å². The van der Waals surface area contributed by atoms with Crippen LogP contribution in [0.3, 0.4) is 0 Å². The second kappa shape index (κ2) is 5.64. The van der Waals surface area contributed by atoms with Crippen molar-refractivity contribution in [1.29, 1.82) is 0 Å². The average Bonchev–Trinajstić information content (AvgIpc) is 2.29. The molecule has 102 valence electrons. The number of aliphatic hydroxyl groups is 1. The Kier molecular flexibility index (Phi) is 4.66. The highest BCUT2D eigenvalue weighted by Gasteiger charge is 2.29. The van der Waals surface area contributed by atoms with Crippen LogP contribution in [0.5, 0.6) is 0 Å². The van der Waals surface area contributed by atoms with E-state index in [1.165, 1.54) is 6.20 Å². The molecule has 7 heteroatoms. The number of nitrogens with one attached hydrogen (secondary N) is 2. The Morgan fingerprint density at radius 1 is 1.50 bits per heavy atom. The zero-order valence-electron chi connectivity index (χ0n) is 10.4.